The van der Waals surface area contributed by atoms with Gasteiger partial charge in [-0.25, -0.2) is 9.69 Å². The summed E-state index contributed by atoms with van der Waals surface area (Å²) in [6.07, 6.45) is 4.36. The van der Waals surface area contributed by atoms with E-state index in [1.54, 1.807) is 30.3 Å². The molecule has 1 saturated heterocycles. The molecule has 0 spiro atoms. The van der Waals surface area contributed by atoms with Crippen molar-refractivity contribution in [2.45, 2.75) is 19.3 Å². The number of nitrogens with zero attached hydrogens (tertiary/aromatic N) is 1. The molecule has 2 aliphatic carbocycles. The number of fused-ring (bicyclic) bond motifs is 5. The summed E-state index contributed by atoms with van der Waals surface area (Å²) in [4.78, 5) is 52.5. The van der Waals surface area contributed by atoms with Crippen LogP contribution in [-0.4, -0.2) is 30.2 Å². The molecule has 1 aromatic heterocycles. The molecule has 2 saturated carbocycles. The highest BCUT2D eigenvalue weighted by atomic mass is 16.5. The second kappa shape index (κ2) is 8.78. The average molecular weight is 485 g/mol. The number of benzene rings is 2. The lowest BCUT2D eigenvalue weighted by molar-refractivity contribution is -0.123. The van der Waals surface area contributed by atoms with Crippen LogP contribution < -0.4 is 14.4 Å². The third kappa shape index (κ3) is 3.69. The molecule has 3 fully saturated rings. The quantitative estimate of drug-likeness (QED) is 0.213. The summed E-state index contributed by atoms with van der Waals surface area (Å²) in [7, 11) is 0. The van der Waals surface area contributed by atoms with Crippen molar-refractivity contribution in [2.75, 3.05) is 11.5 Å². The number of furan rings is 1. The Morgan fingerprint density at radius 3 is 2.25 bits per heavy atom. The molecule has 2 amide bonds. The van der Waals surface area contributed by atoms with Gasteiger partial charge in [0.15, 0.2) is 12.4 Å². The van der Waals surface area contributed by atoms with Crippen LogP contribution in [0.4, 0.5) is 5.69 Å². The van der Waals surface area contributed by atoms with E-state index in [9.17, 15) is 19.2 Å². The predicted molar refractivity (Wildman–Crippen MR) is 127 cm³/mol. The van der Waals surface area contributed by atoms with Crippen LogP contribution in [0.25, 0.3) is 0 Å². The zero-order chi connectivity index (χ0) is 24.8. The van der Waals surface area contributed by atoms with Crippen LogP contribution in [-0.2, 0) is 9.59 Å². The molecule has 182 valence electrons. The average Bonchev–Trinajstić information content (AvgIpc) is 3.69. The van der Waals surface area contributed by atoms with E-state index < -0.39 is 5.97 Å². The largest absolute Gasteiger partial charge is 0.483 e. The van der Waals surface area contributed by atoms with Crippen LogP contribution in [0.2, 0.25) is 0 Å². The Labute approximate surface area is 206 Å². The second-order valence-electron chi connectivity index (χ2n) is 9.47. The summed E-state index contributed by atoms with van der Waals surface area (Å²) in [5, 5.41) is 0. The Hall–Kier alpha value is -4.20. The lowest BCUT2D eigenvalue weighted by Gasteiger charge is -2.20. The Bertz CT molecular complexity index is 1320. The van der Waals surface area contributed by atoms with Crippen molar-refractivity contribution in [3.8, 4) is 11.5 Å². The summed E-state index contributed by atoms with van der Waals surface area (Å²) >= 11 is 0. The topological polar surface area (TPSA) is 103 Å². The van der Waals surface area contributed by atoms with E-state index >= 15 is 0 Å². The minimum absolute atomic E-state index is 0.0773. The molecule has 2 bridgehead atoms. The maximum Gasteiger partial charge on any atom is 0.379 e. The first kappa shape index (κ1) is 22.3. The van der Waals surface area contributed by atoms with Gasteiger partial charge in [0.05, 0.1) is 23.8 Å². The fourth-order valence-electron chi connectivity index (χ4n) is 5.90. The Kier molecular flexibility index (Phi) is 5.44. The first-order chi connectivity index (χ1) is 17.5. The number of imide groups is 1. The molecular formula is C28H23NO7. The van der Waals surface area contributed by atoms with Crippen molar-refractivity contribution in [3.05, 3.63) is 78.3 Å². The van der Waals surface area contributed by atoms with Crippen LogP contribution >= 0.6 is 0 Å². The number of amides is 2. The van der Waals surface area contributed by atoms with Gasteiger partial charge < -0.3 is 13.9 Å². The zero-order valence-electron chi connectivity index (χ0n) is 19.3. The third-order valence-corrected chi connectivity index (χ3v) is 7.50. The number of carbonyl (C=O) groups excluding carboxylic acids is 4. The van der Waals surface area contributed by atoms with Crippen molar-refractivity contribution >= 4 is 29.3 Å². The highest BCUT2D eigenvalue weighted by Crippen LogP contribution is 2.57. The predicted octanol–water partition coefficient (Wildman–Crippen LogP) is 4.30. The Morgan fingerprint density at radius 2 is 1.58 bits per heavy atom. The number of para-hydroxylation sites is 2. The Balaban J connectivity index is 1.13. The molecular weight excluding hydrogens is 462 g/mol. The van der Waals surface area contributed by atoms with Crippen LogP contribution in [0.3, 0.4) is 0 Å². The number of anilines is 1. The van der Waals surface area contributed by atoms with E-state index in [1.165, 1.54) is 41.5 Å². The van der Waals surface area contributed by atoms with E-state index in [0.717, 1.165) is 19.3 Å². The molecule has 8 heteroatoms. The monoisotopic (exact) mass is 485 g/mol. The van der Waals surface area contributed by atoms with Crippen molar-refractivity contribution < 1.29 is 33.1 Å². The summed E-state index contributed by atoms with van der Waals surface area (Å²) in [5.41, 5.74) is 0.749. The highest BCUT2D eigenvalue weighted by Gasteiger charge is 2.61. The van der Waals surface area contributed by atoms with Crippen molar-refractivity contribution in [3.63, 3.8) is 0 Å². The van der Waals surface area contributed by atoms with Gasteiger partial charge in [-0.15, -0.1) is 0 Å². The van der Waals surface area contributed by atoms with E-state index in [1.807, 2.05) is 0 Å². The minimum atomic E-state index is -0.637. The first-order valence-electron chi connectivity index (χ1n) is 12.0. The number of rotatable bonds is 7. The maximum atomic E-state index is 13.2. The molecule has 36 heavy (non-hydrogen) atoms. The molecule has 3 aliphatic rings. The SMILES string of the molecule is O=C(COc1ccccc1N1C(=O)[C@@H]2[C@H]3CC[C@@H](C3)[C@H]2C1=O)c1ccc(OC(=O)c2ccco2)cc1. The molecule has 1 aliphatic heterocycles. The van der Waals surface area contributed by atoms with Gasteiger partial charge in [0, 0.05) is 5.56 Å². The minimum Gasteiger partial charge on any atom is -0.483 e. The zero-order valence-corrected chi connectivity index (χ0v) is 19.3. The number of hydrogen-bond acceptors (Lipinski definition) is 7. The molecule has 0 radical (unpaired) electrons. The van der Waals surface area contributed by atoms with Gasteiger partial charge in [-0.1, -0.05) is 12.1 Å². The summed E-state index contributed by atoms with van der Waals surface area (Å²) in [6, 6.07) is 16.0. The van der Waals surface area contributed by atoms with Gasteiger partial charge in [0.2, 0.25) is 17.6 Å². The van der Waals surface area contributed by atoms with Crippen LogP contribution in [0.5, 0.6) is 11.5 Å². The molecule has 2 aromatic carbocycles. The standard InChI is InChI=1S/C28H23NO7/c30-21(16-9-11-19(12-10-16)36-28(33)23-6-3-13-34-23)15-35-22-5-2-1-4-20(22)29-26(31)24-17-7-8-18(14-17)25(24)27(29)32/h1-6,9-13,17-18,24-25H,7-8,14-15H2/t17-,18-,24+,25+/m0/s1. The third-order valence-electron chi connectivity index (χ3n) is 7.50. The molecule has 0 unspecified atom stereocenters. The summed E-state index contributed by atoms with van der Waals surface area (Å²) in [5.74, 6) is -0.474. The van der Waals surface area contributed by atoms with Gasteiger partial charge in [-0.2, -0.15) is 0 Å². The molecule has 8 nitrogen and oxygen atoms in total. The van der Waals surface area contributed by atoms with Crippen LogP contribution in [0.15, 0.2) is 71.3 Å². The Morgan fingerprint density at radius 1 is 0.889 bits per heavy atom. The maximum absolute atomic E-state index is 13.2. The van der Waals surface area contributed by atoms with E-state index in [-0.39, 0.29) is 59.4 Å². The molecule has 4 atom stereocenters. The van der Waals surface area contributed by atoms with Crippen molar-refractivity contribution in [2.24, 2.45) is 23.7 Å². The number of Topliss-reactive ketones (excluding diaryl/α,β-unsaturated/α-hetero) is 1. The molecule has 2 heterocycles. The number of carbonyl (C=O) groups is 4. The van der Waals surface area contributed by atoms with E-state index in [2.05, 4.69) is 0 Å². The first-order valence-corrected chi connectivity index (χ1v) is 12.0. The lowest BCUT2D eigenvalue weighted by Crippen LogP contribution is -2.33. The normalized spacial score (nSPS) is 24.2. The highest BCUT2D eigenvalue weighted by molar-refractivity contribution is 6.23. The van der Waals surface area contributed by atoms with Crippen molar-refractivity contribution in [1.29, 1.82) is 0 Å². The smallest absolute Gasteiger partial charge is 0.379 e. The molecule has 0 N–H and O–H groups in total. The van der Waals surface area contributed by atoms with Gasteiger partial charge in [-0.05, 0) is 79.6 Å². The summed E-state index contributed by atoms with van der Waals surface area (Å²) < 4.78 is 16.0. The lowest BCUT2D eigenvalue weighted by atomic mass is 9.81. The number of ketones is 1. The van der Waals surface area contributed by atoms with Crippen LogP contribution in [0.1, 0.15) is 40.2 Å². The second-order valence-corrected chi connectivity index (χ2v) is 9.47. The fourth-order valence-corrected chi connectivity index (χ4v) is 5.90. The van der Waals surface area contributed by atoms with Gasteiger partial charge in [0.25, 0.3) is 0 Å². The summed E-state index contributed by atoms with van der Waals surface area (Å²) in [6.45, 7) is -0.281. The number of hydrogen-bond donors (Lipinski definition) is 0. The fraction of sp³-hybridized carbons (Fsp3) is 0.286. The van der Waals surface area contributed by atoms with Gasteiger partial charge >= 0.3 is 5.97 Å². The van der Waals surface area contributed by atoms with Crippen molar-refractivity contribution in [1.82, 2.24) is 0 Å². The van der Waals surface area contributed by atoms with E-state index in [4.69, 9.17) is 13.9 Å². The van der Waals surface area contributed by atoms with Gasteiger partial charge in [-0.3, -0.25) is 14.4 Å². The number of ether oxygens (including phenoxy) is 2. The molecule has 3 aromatic rings. The van der Waals surface area contributed by atoms with Crippen LogP contribution in [0, 0.1) is 23.7 Å². The number of esters is 1. The molecule has 6 rings (SSSR count). The van der Waals surface area contributed by atoms with E-state index in [0.29, 0.717) is 17.0 Å². The van der Waals surface area contributed by atoms with Gasteiger partial charge in [0.1, 0.15) is 11.5 Å².